The van der Waals surface area contributed by atoms with Crippen molar-refractivity contribution in [3.05, 3.63) is 54.4 Å². The maximum atomic E-state index is 12.3. The molecule has 1 aromatic carbocycles. The van der Waals surface area contributed by atoms with Gasteiger partial charge in [0.1, 0.15) is 4.90 Å². The minimum absolute atomic E-state index is 0.0702. The molecule has 0 atom stereocenters. The Bertz CT molecular complexity index is 792. The zero-order valence-electron chi connectivity index (χ0n) is 14.2. The van der Waals surface area contributed by atoms with Crippen LogP contribution in [0.4, 0.5) is 5.69 Å². The molecule has 1 aromatic heterocycles. The van der Waals surface area contributed by atoms with Gasteiger partial charge in [0.25, 0.3) is 15.9 Å². The molecule has 2 rings (SSSR count). The summed E-state index contributed by atoms with van der Waals surface area (Å²) < 4.78 is 27.1. The number of nitrogens with one attached hydrogen (secondary N) is 2. The standard InChI is InChI=1S/C18H23N3O3S/c1-2-3-4-5-12-20-18(22)15-8-6-9-16(13-15)21-25(23,24)17-10-7-11-19-14-17/h6-11,13-14,21H,2-5,12H2,1H3,(H,20,22). The number of aromatic nitrogens is 1. The van der Waals surface area contributed by atoms with Crippen molar-refractivity contribution in [3.63, 3.8) is 0 Å². The van der Waals surface area contributed by atoms with Crippen molar-refractivity contribution in [2.24, 2.45) is 0 Å². The molecule has 2 aromatic rings. The van der Waals surface area contributed by atoms with Gasteiger partial charge in [-0.15, -0.1) is 0 Å². The summed E-state index contributed by atoms with van der Waals surface area (Å²) in [6.07, 6.45) is 7.10. The molecule has 0 bridgehead atoms. The molecular weight excluding hydrogens is 338 g/mol. The molecule has 134 valence electrons. The number of hydrogen-bond donors (Lipinski definition) is 2. The van der Waals surface area contributed by atoms with Gasteiger partial charge in [-0.05, 0) is 36.8 Å². The maximum absolute atomic E-state index is 12.3. The zero-order valence-corrected chi connectivity index (χ0v) is 15.1. The number of sulfonamides is 1. The normalized spacial score (nSPS) is 11.1. The first-order chi connectivity index (χ1) is 12.0. The molecular formula is C18H23N3O3S. The summed E-state index contributed by atoms with van der Waals surface area (Å²) in [7, 11) is -3.73. The van der Waals surface area contributed by atoms with E-state index < -0.39 is 10.0 Å². The Morgan fingerprint density at radius 2 is 1.96 bits per heavy atom. The van der Waals surface area contributed by atoms with Crippen molar-refractivity contribution >= 4 is 21.6 Å². The van der Waals surface area contributed by atoms with E-state index in [1.54, 1.807) is 24.3 Å². The lowest BCUT2D eigenvalue weighted by Gasteiger charge is -2.10. The van der Waals surface area contributed by atoms with Crippen LogP contribution in [-0.4, -0.2) is 25.9 Å². The molecule has 0 radical (unpaired) electrons. The van der Waals surface area contributed by atoms with E-state index in [0.29, 0.717) is 17.8 Å². The molecule has 0 saturated heterocycles. The summed E-state index contributed by atoms with van der Waals surface area (Å²) in [5, 5.41) is 2.85. The Hall–Kier alpha value is -2.41. The Kier molecular flexibility index (Phi) is 6.94. The van der Waals surface area contributed by atoms with Crippen LogP contribution in [0.25, 0.3) is 0 Å². The average Bonchev–Trinajstić information content (AvgIpc) is 2.62. The van der Waals surface area contributed by atoms with Crippen LogP contribution in [0.2, 0.25) is 0 Å². The molecule has 1 amide bonds. The molecule has 0 aliphatic heterocycles. The van der Waals surface area contributed by atoms with E-state index in [1.807, 2.05) is 0 Å². The smallest absolute Gasteiger partial charge is 0.263 e. The van der Waals surface area contributed by atoms with Crippen molar-refractivity contribution in [1.29, 1.82) is 0 Å². The fourth-order valence-corrected chi connectivity index (χ4v) is 3.31. The summed E-state index contributed by atoms with van der Waals surface area (Å²) in [5.41, 5.74) is 0.754. The summed E-state index contributed by atoms with van der Waals surface area (Å²) in [4.78, 5) is 16.0. The first-order valence-electron chi connectivity index (χ1n) is 8.34. The predicted octanol–water partition coefficient (Wildman–Crippen LogP) is 3.19. The fourth-order valence-electron chi connectivity index (χ4n) is 2.30. The molecule has 0 unspecified atom stereocenters. The van der Waals surface area contributed by atoms with Gasteiger partial charge in [0, 0.05) is 30.2 Å². The highest BCUT2D eigenvalue weighted by molar-refractivity contribution is 7.92. The third kappa shape index (κ3) is 5.86. The number of pyridine rings is 1. The fraction of sp³-hybridized carbons (Fsp3) is 0.333. The average molecular weight is 361 g/mol. The highest BCUT2D eigenvalue weighted by Crippen LogP contribution is 2.16. The summed E-state index contributed by atoms with van der Waals surface area (Å²) in [5.74, 6) is -0.209. The van der Waals surface area contributed by atoms with Crippen LogP contribution in [0, 0.1) is 0 Å². The first kappa shape index (κ1) is 18.9. The number of unbranched alkanes of at least 4 members (excludes halogenated alkanes) is 3. The second-order valence-electron chi connectivity index (χ2n) is 5.69. The van der Waals surface area contributed by atoms with Gasteiger partial charge < -0.3 is 5.32 Å². The largest absolute Gasteiger partial charge is 0.352 e. The monoisotopic (exact) mass is 361 g/mol. The molecule has 0 aliphatic carbocycles. The second kappa shape index (κ2) is 9.17. The molecule has 0 spiro atoms. The van der Waals surface area contributed by atoms with E-state index in [-0.39, 0.29) is 10.8 Å². The van der Waals surface area contributed by atoms with E-state index in [9.17, 15) is 13.2 Å². The number of benzene rings is 1. The maximum Gasteiger partial charge on any atom is 0.263 e. The van der Waals surface area contributed by atoms with Crippen molar-refractivity contribution in [2.75, 3.05) is 11.3 Å². The van der Waals surface area contributed by atoms with Gasteiger partial charge in [-0.1, -0.05) is 32.3 Å². The third-order valence-electron chi connectivity index (χ3n) is 3.64. The number of hydrogen-bond acceptors (Lipinski definition) is 4. The third-order valence-corrected chi connectivity index (χ3v) is 5.00. The lowest BCUT2D eigenvalue weighted by molar-refractivity contribution is 0.0953. The summed E-state index contributed by atoms with van der Waals surface area (Å²) >= 11 is 0. The number of rotatable bonds is 9. The highest BCUT2D eigenvalue weighted by Gasteiger charge is 2.15. The van der Waals surface area contributed by atoms with Crippen LogP contribution in [0.5, 0.6) is 0 Å². The van der Waals surface area contributed by atoms with Gasteiger partial charge in [0.15, 0.2) is 0 Å². The Labute approximate surface area is 148 Å². The van der Waals surface area contributed by atoms with Crippen LogP contribution in [0.15, 0.2) is 53.7 Å². The molecule has 0 saturated carbocycles. The zero-order chi connectivity index (χ0) is 18.1. The number of amides is 1. The summed E-state index contributed by atoms with van der Waals surface area (Å²) in [6, 6.07) is 9.44. The van der Waals surface area contributed by atoms with Crippen LogP contribution >= 0.6 is 0 Å². The van der Waals surface area contributed by atoms with E-state index in [4.69, 9.17) is 0 Å². The van der Waals surface area contributed by atoms with Crippen LogP contribution in [0.1, 0.15) is 43.0 Å². The number of nitrogens with zero attached hydrogens (tertiary/aromatic N) is 1. The second-order valence-corrected chi connectivity index (χ2v) is 7.37. The molecule has 0 aliphatic rings. The van der Waals surface area contributed by atoms with Crippen molar-refractivity contribution in [1.82, 2.24) is 10.3 Å². The van der Waals surface area contributed by atoms with Crippen LogP contribution in [0.3, 0.4) is 0 Å². The molecule has 0 fully saturated rings. The van der Waals surface area contributed by atoms with Gasteiger partial charge in [0.05, 0.1) is 0 Å². The molecule has 25 heavy (non-hydrogen) atoms. The number of carbonyl (C=O) groups excluding carboxylic acids is 1. The molecule has 1 heterocycles. The highest BCUT2D eigenvalue weighted by atomic mass is 32.2. The van der Waals surface area contributed by atoms with Gasteiger partial charge in [-0.25, -0.2) is 8.42 Å². The van der Waals surface area contributed by atoms with E-state index in [1.165, 1.54) is 24.5 Å². The molecule has 2 N–H and O–H groups in total. The predicted molar refractivity (Wildman–Crippen MR) is 98.0 cm³/mol. The quantitative estimate of drug-likeness (QED) is 0.671. The molecule has 7 heteroatoms. The van der Waals surface area contributed by atoms with Crippen LogP contribution < -0.4 is 10.0 Å². The lowest BCUT2D eigenvalue weighted by Crippen LogP contribution is -2.24. The Morgan fingerprint density at radius 1 is 1.12 bits per heavy atom. The number of anilines is 1. The molecule has 6 nitrogen and oxygen atoms in total. The van der Waals surface area contributed by atoms with E-state index in [0.717, 1.165) is 25.7 Å². The van der Waals surface area contributed by atoms with Gasteiger partial charge in [-0.3, -0.25) is 14.5 Å². The van der Waals surface area contributed by atoms with Crippen LogP contribution in [-0.2, 0) is 10.0 Å². The lowest BCUT2D eigenvalue weighted by atomic mass is 10.2. The summed E-state index contributed by atoms with van der Waals surface area (Å²) in [6.45, 7) is 2.75. The van der Waals surface area contributed by atoms with Crippen molar-refractivity contribution < 1.29 is 13.2 Å². The minimum atomic E-state index is -3.73. The number of carbonyl (C=O) groups is 1. The Morgan fingerprint density at radius 3 is 2.68 bits per heavy atom. The van der Waals surface area contributed by atoms with Crippen molar-refractivity contribution in [3.8, 4) is 0 Å². The SMILES string of the molecule is CCCCCCNC(=O)c1cccc(NS(=O)(=O)c2cccnc2)c1. The van der Waals surface area contributed by atoms with Gasteiger partial charge in [-0.2, -0.15) is 0 Å². The topological polar surface area (TPSA) is 88.2 Å². The van der Waals surface area contributed by atoms with E-state index >= 15 is 0 Å². The van der Waals surface area contributed by atoms with Crippen molar-refractivity contribution in [2.45, 2.75) is 37.5 Å². The van der Waals surface area contributed by atoms with E-state index in [2.05, 4.69) is 21.9 Å². The van der Waals surface area contributed by atoms with Gasteiger partial charge in [0.2, 0.25) is 0 Å². The van der Waals surface area contributed by atoms with Gasteiger partial charge >= 0.3 is 0 Å². The minimum Gasteiger partial charge on any atom is -0.352 e. The Balaban J connectivity index is 2.00. The first-order valence-corrected chi connectivity index (χ1v) is 9.82.